The first-order chi connectivity index (χ1) is 6.31. The highest BCUT2D eigenvalue weighted by Crippen LogP contribution is 2.70. The Labute approximate surface area is 108 Å². The molecule has 0 saturated heterocycles. The van der Waals surface area contributed by atoms with Crippen molar-refractivity contribution in [2.75, 3.05) is 26.7 Å². The normalized spacial score (nSPS) is 14.6. The molecular formula is C9H24Cl2P2Si2. The molecule has 0 nitrogen and oxygen atoms in total. The van der Waals surface area contributed by atoms with Crippen LogP contribution in [0.15, 0.2) is 0 Å². The van der Waals surface area contributed by atoms with Crippen LogP contribution in [0.2, 0.25) is 26.2 Å². The molecule has 0 aliphatic carbocycles. The third kappa shape index (κ3) is 4.49. The summed E-state index contributed by atoms with van der Waals surface area (Å²) in [6, 6.07) is 0. The van der Waals surface area contributed by atoms with E-state index in [4.69, 9.17) is 22.2 Å². The van der Waals surface area contributed by atoms with Crippen LogP contribution in [0.1, 0.15) is 0 Å². The Hall–Kier alpha value is 1.74. The maximum absolute atomic E-state index is 6.55. The van der Waals surface area contributed by atoms with E-state index in [9.17, 15) is 0 Å². The molecule has 0 radical (unpaired) electrons. The lowest BCUT2D eigenvalue weighted by Gasteiger charge is -2.37. The quantitative estimate of drug-likeness (QED) is 0.387. The minimum atomic E-state index is -2.13. The highest BCUT2D eigenvalue weighted by Gasteiger charge is 2.40. The lowest BCUT2D eigenvalue weighted by Crippen LogP contribution is -2.47. The van der Waals surface area contributed by atoms with Gasteiger partial charge in [0.05, 0.1) is 8.07 Å². The SMILES string of the molecule is CP(C)P(C)(C)=C([Si](C)(C)C)[Si](C)(Cl)Cl. The van der Waals surface area contributed by atoms with Gasteiger partial charge in [0.25, 0.3) is 6.69 Å². The molecule has 0 aromatic rings. The molecule has 0 aliphatic heterocycles. The van der Waals surface area contributed by atoms with E-state index in [2.05, 4.69) is 52.8 Å². The van der Waals surface area contributed by atoms with Crippen LogP contribution in [0.5, 0.6) is 0 Å². The molecule has 0 rings (SSSR count). The predicted octanol–water partition coefficient (Wildman–Crippen LogP) is 5.06. The van der Waals surface area contributed by atoms with Gasteiger partial charge in [-0.25, -0.2) is 0 Å². The standard InChI is InChI=1S/C9H24Cl2P2Si2/c1-12(2)13(3,4)9(14(5,6)7)15(8,10)11/h1-8H3. The van der Waals surface area contributed by atoms with Crippen LogP contribution < -0.4 is 0 Å². The Balaban J connectivity index is 5.92. The Morgan fingerprint density at radius 3 is 1.40 bits per heavy atom. The van der Waals surface area contributed by atoms with Gasteiger partial charge < -0.3 is 0 Å². The number of rotatable bonds is 3. The summed E-state index contributed by atoms with van der Waals surface area (Å²) in [4.78, 5) is 0. The maximum atomic E-state index is 6.55. The minimum Gasteiger partial charge on any atom is -0.141 e. The van der Waals surface area contributed by atoms with Gasteiger partial charge in [0.1, 0.15) is 0 Å². The largest absolute Gasteiger partial charge is 0.270 e. The molecule has 0 spiro atoms. The van der Waals surface area contributed by atoms with Crippen molar-refractivity contribution in [3.63, 3.8) is 0 Å². The highest BCUT2D eigenvalue weighted by molar-refractivity contribution is 8.39. The summed E-state index contributed by atoms with van der Waals surface area (Å²) in [5, 5.41) is 0. The second-order valence-electron chi connectivity index (χ2n) is 5.73. The van der Waals surface area contributed by atoms with E-state index in [-0.39, 0.29) is 7.61 Å². The van der Waals surface area contributed by atoms with Gasteiger partial charge in [0, 0.05) is 0 Å². The smallest absolute Gasteiger partial charge is 0.141 e. The van der Waals surface area contributed by atoms with Crippen molar-refractivity contribution in [3.05, 3.63) is 0 Å². The lowest BCUT2D eigenvalue weighted by atomic mass is 11.7. The van der Waals surface area contributed by atoms with E-state index in [0.717, 1.165) is 0 Å². The minimum absolute atomic E-state index is 0.0630. The van der Waals surface area contributed by atoms with E-state index in [1.807, 2.05) is 0 Å². The van der Waals surface area contributed by atoms with E-state index in [1.165, 1.54) is 0 Å². The van der Waals surface area contributed by atoms with Gasteiger partial charge >= 0.3 is 0 Å². The fourth-order valence-corrected chi connectivity index (χ4v) is 37.5. The van der Waals surface area contributed by atoms with Crippen LogP contribution >= 0.6 is 36.3 Å². The lowest BCUT2D eigenvalue weighted by molar-refractivity contribution is 1.84. The van der Waals surface area contributed by atoms with Crippen molar-refractivity contribution in [1.29, 1.82) is 0 Å². The maximum Gasteiger partial charge on any atom is 0.270 e. The summed E-state index contributed by atoms with van der Waals surface area (Å²) < 4.78 is 1.63. The van der Waals surface area contributed by atoms with Crippen molar-refractivity contribution in [2.24, 2.45) is 0 Å². The topological polar surface area (TPSA) is 0 Å². The molecule has 0 amide bonds. The zero-order chi connectivity index (χ0) is 12.7. The van der Waals surface area contributed by atoms with Gasteiger partial charge in [-0.3, -0.25) is 0 Å². The summed E-state index contributed by atoms with van der Waals surface area (Å²) in [6.07, 6.45) is 0. The predicted molar refractivity (Wildman–Crippen MR) is 89.2 cm³/mol. The monoisotopic (exact) mass is 320 g/mol. The molecule has 0 saturated carbocycles. The summed E-state index contributed by atoms with van der Waals surface area (Å²) in [5.41, 5.74) is 0. The summed E-state index contributed by atoms with van der Waals surface area (Å²) in [6.45, 7) is 15.7. The molecule has 0 fully saturated rings. The number of hydrogen-bond acceptors (Lipinski definition) is 0. The Morgan fingerprint density at radius 2 is 1.33 bits per heavy atom. The van der Waals surface area contributed by atoms with Gasteiger partial charge in [0.2, 0.25) is 0 Å². The molecule has 0 aromatic heterocycles. The Bertz CT molecular complexity index is 265. The average Bonchev–Trinajstić information content (AvgIpc) is 1.76. The molecule has 0 aliphatic rings. The van der Waals surface area contributed by atoms with Crippen LogP contribution in [0, 0.1) is 0 Å². The summed E-state index contributed by atoms with van der Waals surface area (Å²) in [5.74, 6) is 0. The first kappa shape index (κ1) is 16.7. The first-order valence-electron chi connectivity index (χ1n) is 5.09. The van der Waals surface area contributed by atoms with Crippen molar-refractivity contribution >= 4 is 55.7 Å². The van der Waals surface area contributed by atoms with Crippen LogP contribution in [-0.2, 0) is 0 Å². The van der Waals surface area contributed by atoms with E-state index < -0.39 is 21.3 Å². The van der Waals surface area contributed by atoms with Crippen molar-refractivity contribution in [1.82, 2.24) is 0 Å². The molecule has 0 aromatic carbocycles. The third-order valence-corrected chi connectivity index (χ3v) is 29.1. The molecule has 0 atom stereocenters. The van der Waals surface area contributed by atoms with Crippen molar-refractivity contribution in [3.8, 4) is 0 Å². The molecule has 0 N–H and O–H groups in total. The fourth-order valence-electron chi connectivity index (χ4n) is 2.16. The number of halogens is 2. The van der Waals surface area contributed by atoms with Gasteiger partial charge in [-0.2, -0.15) is 0 Å². The summed E-state index contributed by atoms with van der Waals surface area (Å²) >= 11 is 13.1. The molecular weight excluding hydrogens is 297 g/mol. The van der Waals surface area contributed by atoms with Gasteiger partial charge in [-0.05, 0) is 33.2 Å². The molecule has 0 heterocycles. The van der Waals surface area contributed by atoms with E-state index in [1.54, 1.807) is 4.54 Å². The highest BCUT2D eigenvalue weighted by atomic mass is 35.7. The second-order valence-corrected chi connectivity index (χ2v) is 29.8. The van der Waals surface area contributed by atoms with Gasteiger partial charge in [-0.1, -0.05) is 38.4 Å². The Kier molecular flexibility index (Phi) is 5.76. The zero-order valence-corrected chi connectivity index (χ0v) is 16.5. The van der Waals surface area contributed by atoms with Crippen LogP contribution in [-0.4, -0.2) is 46.0 Å². The van der Waals surface area contributed by atoms with Gasteiger partial charge in [0.15, 0.2) is 0 Å². The number of hydrogen-bond donors (Lipinski definition) is 0. The molecule has 0 bridgehead atoms. The first-order valence-corrected chi connectivity index (χ1v) is 18.7. The zero-order valence-electron chi connectivity index (χ0n) is 11.2. The van der Waals surface area contributed by atoms with E-state index in [0.29, 0.717) is 0 Å². The third-order valence-electron chi connectivity index (χ3n) is 2.67. The van der Waals surface area contributed by atoms with Gasteiger partial charge in [-0.15, -0.1) is 22.2 Å². The molecule has 0 unspecified atom stereocenters. The van der Waals surface area contributed by atoms with Crippen LogP contribution in [0.25, 0.3) is 0 Å². The summed E-state index contributed by atoms with van der Waals surface area (Å²) in [7, 11) is -1.28. The molecule has 92 valence electrons. The van der Waals surface area contributed by atoms with Crippen LogP contribution in [0.4, 0.5) is 0 Å². The van der Waals surface area contributed by atoms with Crippen molar-refractivity contribution < 1.29 is 0 Å². The van der Waals surface area contributed by atoms with Crippen molar-refractivity contribution in [2.45, 2.75) is 26.2 Å². The second kappa shape index (κ2) is 5.16. The molecule has 6 heteroatoms. The molecule has 15 heavy (non-hydrogen) atoms. The van der Waals surface area contributed by atoms with E-state index >= 15 is 0 Å². The average molecular weight is 321 g/mol. The van der Waals surface area contributed by atoms with Crippen LogP contribution in [0.3, 0.4) is 0 Å². The Morgan fingerprint density at radius 1 is 1.00 bits per heavy atom. The fraction of sp³-hybridized carbons (Fsp3) is 0.889.